The zero-order valence-corrected chi connectivity index (χ0v) is 11.5. The van der Waals surface area contributed by atoms with Gasteiger partial charge in [-0.05, 0) is 37.5 Å². The predicted molar refractivity (Wildman–Crippen MR) is 78.5 cm³/mol. The molecule has 0 unspecified atom stereocenters. The van der Waals surface area contributed by atoms with Crippen molar-refractivity contribution in [3.8, 4) is 0 Å². The van der Waals surface area contributed by atoms with Crippen molar-refractivity contribution in [2.45, 2.75) is 32.4 Å². The van der Waals surface area contributed by atoms with E-state index in [0.29, 0.717) is 18.3 Å². The van der Waals surface area contributed by atoms with E-state index >= 15 is 0 Å². The van der Waals surface area contributed by atoms with Gasteiger partial charge in [0.15, 0.2) is 0 Å². The number of nitrogen functional groups attached to an aromatic ring is 1. The Hall–Kier alpha value is -2.30. The Morgan fingerprint density at radius 2 is 2.20 bits per heavy atom. The van der Waals surface area contributed by atoms with Gasteiger partial charge in [-0.1, -0.05) is 6.07 Å². The highest BCUT2D eigenvalue weighted by Crippen LogP contribution is 2.38. The highest BCUT2D eigenvalue weighted by atomic mass is 15.3. The predicted octanol–water partition coefficient (Wildman–Crippen LogP) is 2.51. The monoisotopic (exact) mass is 267 g/mol. The van der Waals surface area contributed by atoms with Crippen LogP contribution in [0.3, 0.4) is 0 Å². The van der Waals surface area contributed by atoms with Gasteiger partial charge in [0.25, 0.3) is 0 Å². The minimum atomic E-state index is 0.602. The fraction of sp³-hybridized carbons (Fsp3) is 0.333. The Morgan fingerprint density at radius 3 is 2.90 bits per heavy atom. The van der Waals surface area contributed by atoms with E-state index < -0.39 is 0 Å². The largest absolute Gasteiger partial charge is 0.396 e. The van der Waals surface area contributed by atoms with Gasteiger partial charge in [-0.15, -0.1) is 0 Å². The van der Waals surface area contributed by atoms with Crippen molar-refractivity contribution in [3.05, 3.63) is 42.0 Å². The van der Waals surface area contributed by atoms with E-state index in [9.17, 15) is 0 Å². The summed E-state index contributed by atoms with van der Waals surface area (Å²) >= 11 is 0. The average molecular weight is 267 g/mol. The molecule has 3 aromatic rings. The summed E-state index contributed by atoms with van der Waals surface area (Å²) in [7, 11) is 0. The molecule has 5 nitrogen and oxygen atoms in total. The molecule has 2 N–H and O–H groups in total. The molecule has 1 saturated carbocycles. The molecule has 0 spiro atoms. The maximum Gasteiger partial charge on any atom is 0.131 e. The number of fused-ring (bicyclic) bond motifs is 1. The molecule has 1 aromatic carbocycles. The van der Waals surface area contributed by atoms with E-state index in [-0.39, 0.29) is 0 Å². The topological polar surface area (TPSA) is 61.7 Å². The van der Waals surface area contributed by atoms with Crippen molar-refractivity contribution in [2.75, 3.05) is 5.73 Å². The van der Waals surface area contributed by atoms with Gasteiger partial charge in [-0.2, -0.15) is 5.10 Å². The number of anilines is 1. The molecule has 20 heavy (non-hydrogen) atoms. The number of nitrogens with zero attached hydrogens (tertiary/aromatic N) is 4. The van der Waals surface area contributed by atoms with Crippen LogP contribution in [-0.2, 0) is 6.54 Å². The van der Waals surface area contributed by atoms with Crippen molar-refractivity contribution in [3.63, 3.8) is 0 Å². The van der Waals surface area contributed by atoms with Gasteiger partial charge in [0.2, 0.25) is 0 Å². The van der Waals surface area contributed by atoms with Crippen LogP contribution in [0.4, 0.5) is 5.69 Å². The number of aromatic nitrogens is 4. The third kappa shape index (κ3) is 1.86. The summed E-state index contributed by atoms with van der Waals surface area (Å²) in [5, 5.41) is 4.26. The molecule has 0 saturated heterocycles. The number of aryl methyl sites for hydroxylation is 1. The fourth-order valence-electron chi connectivity index (χ4n) is 2.72. The van der Waals surface area contributed by atoms with E-state index in [1.54, 1.807) is 6.20 Å². The standard InChI is InChI=1S/C15H17N5/c1-10-2-5-14-13(6-10)18-15(20(14)12-3-4-12)9-19-8-11(16)7-17-19/h2,5-8,12H,3-4,9,16H2,1H3. The molecular weight excluding hydrogens is 250 g/mol. The highest BCUT2D eigenvalue weighted by molar-refractivity contribution is 5.77. The molecule has 2 aromatic heterocycles. The number of hydrogen-bond donors (Lipinski definition) is 1. The first kappa shape index (κ1) is 11.5. The molecule has 1 fully saturated rings. The molecular formula is C15H17N5. The molecule has 1 aliphatic rings. The Bertz CT molecular complexity index is 779. The van der Waals surface area contributed by atoms with Crippen LogP contribution in [0.1, 0.15) is 30.3 Å². The lowest BCUT2D eigenvalue weighted by atomic mass is 10.2. The Kier molecular flexibility index (Phi) is 2.36. The van der Waals surface area contributed by atoms with Gasteiger partial charge in [-0.25, -0.2) is 4.98 Å². The number of rotatable bonds is 3. The molecule has 0 aliphatic heterocycles. The quantitative estimate of drug-likeness (QED) is 0.793. The van der Waals surface area contributed by atoms with E-state index in [4.69, 9.17) is 10.7 Å². The van der Waals surface area contributed by atoms with Gasteiger partial charge in [-0.3, -0.25) is 4.68 Å². The summed E-state index contributed by atoms with van der Waals surface area (Å²) in [5.74, 6) is 1.07. The summed E-state index contributed by atoms with van der Waals surface area (Å²) < 4.78 is 4.22. The van der Waals surface area contributed by atoms with Crippen molar-refractivity contribution >= 4 is 16.7 Å². The highest BCUT2D eigenvalue weighted by Gasteiger charge is 2.28. The van der Waals surface area contributed by atoms with Crippen LogP contribution in [0.15, 0.2) is 30.6 Å². The summed E-state index contributed by atoms with van der Waals surface area (Å²) in [6, 6.07) is 7.08. The first-order chi connectivity index (χ1) is 9.70. The lowest BCUT2D eigenvalue weighted by Crippen LogP contribution is -2.08. The Morgan fingerprint density at radius 1 is 1.35 bits per heavy atom. The maximum atomic E-state index is 5.73. The summed E-state index contributed by atoms with van der Waals surface area (Å²) in [6.45, 7) is 2.77. The second kappa shape index (κ2) is 4.10. The van der Waals surface area contributed by atoms with Crippen LogP contribution in [0.2, 0.25) is 0 Å². The second-order valence-corrected chi connectivity index (χ2v) is 5.59. The van der Waals surface area contributed by atoms with E-state index in [1.165, 1.54) is 23.9 Å². The second-order valence-electron chi connectivity index (χ2n) is 5.59. The fourth-order valence-corrected chi connectivity index (χ4v) is 2.72. The maximum absolute atomic E-state index is 5.73. The molecule has 0 atom stereocenters. The summed E-state index contributed by atoms with van der Waals surface area (Å²) in [6.07, 6.45) is 6.01. The van der Waals surface area contributed by atoms with Crippen molar-refractivity contribution < 1.29 is 0 Å². The normalized spacial score (nSPS) is 15.1. The van der Waals surface area contributed by atoms with E-state index in [0.717, 1.165) is 11.3 Å². The number of nitrogens with two attached hydrogens (primary N) is 1. The smallest absolute Gasteiger partial charge is 0.131 e. The van der Waals surface area contributed by atoms with Crippen LogP contribution >= 0.6 is 0 Å². The molecule has 2 heterocycles. The first-order valence-electron chi connectivity index (χ1n) is 6.96. The van der Waals surface area contributed by atoms with Gasteiger partial charge < -0.3 is 10.3 Å². The minimum absolute atomic E-state index is 0.602. The number of benzene rings is 1. The number of hydrogen-bond acceptors (Lipinski definition) is 3. The third-order valence-electron chi connectivity index (χ3n) is 3.79. The zero-order valence-electron chi connectivity index (χ0n) is 11.5. The Balaban J connectivity index is 1.83. The minimum Gasteiger partial charge on any atom is -0.396 e. The lowest BCUT2D eigenvalue weighted by Gasteiger charge is -2.07. The lowest BCUT2D eigenvalue weighted by molar-refractivity contribution is 0.608. The van der Waals surface area contributed by atoms with Crippen LogP contribution in [-0.4, -0.2) is 19.3 Å². The molecule has 1 aliphatic carbocycles. The molecule has 102 valence electrons. The van der Waals surface area contributed by atoms with Crippen LogP contribution < -0.4 is 5.73 Å². The summed E-state index contributed by atoms with van der Waals surface area (Å²) in [5.41, 5.74) is 9.97. The first-order valence-corrected chi connectivity index (χ1v) is 6.96. The molecule has 4 rings (SSSR count). The third-order valence-corrected chi connectivity index (χ3v) is 3.79. The van der Waals surface area contributed by atoms with Crippen LogP contribution in [0, 0.1) is 6.92 Å². The van der Waals surface area contributed by atoms with Gasteiger partial charge in [0.05, 0.1) is 29.5 Å². The zero-order chi connectivity index (χ0) is 13.7. The van der Waals surface area contributed by atoms with Crippen LogP contribution in [0.5, 0.6) is 0 Å². The average Bonchev–Trinajstić information content (AvgIpc) is 3.07. The summed E-state index contributed by atoms with van der Waals surface area (Å²) in [4.78, 5) is 4.80. The molecule has 5 heteroatoms. The van der Waals surface area contributed by atoms with Crippen molar-refractivity contribution in [1.82, 2.24) is 19.3 Å². The molecule has 0 bridgehead atoms. The van der Waals surface area contributed by atoms with E-state index in [1.807, 2.05) is 10.9 Å². The molecule has 0 radical (unpaired) electrons. The van der Waals surface area contributed by atoms with Crippen molar-refractivity contribution in [2.24, 2.45) is 0 Å². The van der Waals surface area contributed by atoms with E-state index in [2.05, 4.69) is 34.8 Å². The number of imidazole rings is 1. The SMILES string of the molecule is Cc1ccc2c(c1)nc(Cn1cc(N)cn1)n2C1CC1. The Labute approximate surface area is 117 Å². The van der Waals surface area contributed by atoms with Crippen molar-refractivity contribution in [1.29, 1.82) is 0 Å². The molecule has 0 amide bonds. The van der Waals surface area contributed by atoms with Gasteiger partial charge in [0.1, 0.15) is 5.82 Å². The van der Waals surface area contributed by atoms with Gasteiger partial charge in [0, 0.05) is 12.2 Å². The van der Waals surface area contributed by atoms with Crippen LogP contribution in [0.25, 0.3) is 11.0 Å². The van der Waals surface area contributed by atoms with Gasteiger partial charge >= 0.3 is 0 Å².